The van der Waals surface area contributed by atoms with Crippen molar-refractivity contribution in [1.82, 2.24) is 4.31 Å². The molecule has 0 radical (unpaired) electrons. The number of nitrogens with one attached hydrogen (secondary N) is 1. The predicted molar refractivity (Wildman–Crippen MR) is 105 cm³/mol. The van der Waals surface area contributed by atoms with Crippen molar-refractivity contribution < 1.29 is 18.1 Å². The number of aryl methyl sites for hydroxylation is 1. The number of nitro benzene ring substituents is 1. The number of non-ortho nitro benzene ring substituents is 1. The molecule has 1 aliphatic rings. The Bertz CT molecular complexity index is 1020. The smallest absolute Gasteiger partial charge is 0.271 e. The minimum Gasteiger partial charge on any atom is -0.324 e. The molecule has 10 heteroatoms. The topological polar surface area (TPSA) is 110 Å². The van der Waals surface area contributed by atoms with Gasteiger partial charge in [0.15, 0.2) is 0 Å². The van der Waals surface area contributed by atoms with Crippen LogP contribution in [0, 0.1) is 17.0 Å². The van der Waals surface area contributed by atoms with Gasteiger partial charge in [-0.3, -0.25) is 14.9 Å². The normalized spacial score (nSPS) is 17.4. The highest BCUT2D eigenvalue weighted by Crippen LogP contribution is 2.29. The summed E-state index contributed by atoms with van der Waals surface area (Å²) >= 11 is 5.82. The number of anilines is 1. The van der Waals surface area contributed by atoms with Gasteiger partial charge >= 0.3 is 0 Å². The molecule has 1 heterocycles. The van der Waals surface area contributed by atoms with E-state index in [1.165, 1.54) is 42.5 Å². The van der Waals surface area contributed by atoms with Crippen LogP contribution in [-0.2, 0) is 14.8 Å². The number of nitrogens with zero attached hydrogens (tertiary/aromatic N) is 2. The van der Waals surface area contributed by atoms with Crippen molar-refractivity contribution in [3.63, 3.8) is 0 Å². The third-order valence-electron chi connectivity index (χ3n) is 4.62. The van der Waals surface area contributed by atoms with Gasteiger partial charge in [0.2, 0.25) is 15.9 Å². The molecule has 0 saturated carbocycles. The van der Waals surface area contributed by atoms with E-state index >= 15 is 0 Å². The van der Waals surface area contributed by atoms with Crippen LogP contribution in [0.1, 0.15) is 18.4 Å². The van der Waals surface area contributed by atoms with Gasteiger partial charge in [-0.15, -0.1) is 0 Å². The quantitative estimate of drug-likeness (QED) is 0.585. The summed E-state index contributed by atoms with van der Waals surface area (Å²) in [5.74, 6) is -0.515. The first-order chi connectivity index (χ1) is 13.2. The molecular formula is C18H18ClN3O5S. The first-order valence-corrected chi connectivity index (χ1v) is 10.4. The van der Waals surface area contributed by atoms with E-state index in [1.54, 1.807) is 6.92 Å². The number of hydrogen-bond donors (Lipinski definition) is 1. The Labute approximate surface area is 167 Å². The second-order valence-electron chi connectivity index (χ2n) is 6.47. The Morgan fingerprint density at radius 3 is 2.57 bits per heavy atom. The highest BCUT2D eigenvalue weighted by atomic mass is 35.5. The fourth-order valence-corrected chi connectivity index (χ4v) is 4.89. The molecule has 1 saturated heterocycles. The molecule has 2 aromatic carbocycles. The van der Waals surface area contributed by atoms with Crippen LogP contribution in [0.4, 0.5) is 11.4 Å². The van der Waals surface area contributed by atoms with Crippen LogP contribution in [0.25, 0.3) is 0 Å². The van der Waals surface area contributed by atoms with Crippen molar-refractivity contribution in [3.05, 3.63) is 63.2 Å². The number of nitro groups is 1. The highest BCUT2D eigenvalue weighted by Gasteiger charge is 2.39. The largest absolute Gasteiger partial charge is 0.324 e. The lowest BCUT2D eigenvalue weighted by atomic mass is 10.1. The zero-order valence-electron chi connectivity index (χ0n) is 15.0. The third-order valence-corrected chi connectivity index (χ3v) is 6.79. The summed E-state index contributed by atoms with van der Waals surface area (Å²) < 4.78 is 27.0. The van der Waals surface area contributed by atoms with Crippen molar-refractivity contribution in [1.29, 1.82) is 0 Å². The molecule has 1 unspecified atom stereocenters. The number of halogens is 1. The number of carbonyl (C=O) groups excluding carboxylic acids is 1. The molecule has 0 spiro atoms. The van der Waals surface area contributed by atoms with Gasteiger partial charge in [0.05, 0.1) is 15.5 Å². The SMILES string of the molecule is Cc1ccc([N+](=O)[O-])cc1NC(=O)C1CCCN1S(=O)(=O)c1ccc(Cl)cc1. The fourth-order valence-electron chi connectivity index (χ4n) is 3.11. The molecule has 1 fully saturated rings. The maximum atomic E-state index is 12.9. The summed E-state index contributed by atoms with van der Waals surface area (Å²) in [5.41, 5.74) is 0.775. The monoisotopic (exact) mass is 423 g/mol. The summed E-state index contributed by atoms with van der Waals surface area (Å²) in [6.07, 6.45) is 0.908. The Kier molecular flexibility index (Phi) is 5.69. The molecule has 148 valence electrons. The molecule has 0 aliphatic carbocycles. The van der Waals surface area contributed by atoms with Crippen LogP contribution in [0.3, 0.4) is 0 Å². The average molecular weight is 424 g/mol. The number of carbonyl (C=O) groups is 1. The van der Waals surface area contributed by atoms with E-state index in [4.69, 9.17) is 11.6 Å². The van der Waals surface area contributed by atoms with Crippen LogP contribution in [0.2, 0.25) is 5.02 Å². The lowest BCUT2D eigenvalue weighted by molar-refractivity contribution is -0.384. The molecule has 28 heavy (non-hydrogen) atoms. The molecule has 3 rings (SSSR count). The average Bonchev–Trinajstić information content (AvgIpc) is 3.14. The Hall–Kier alpha value is -2.49. The molecule has 1 aliphatic heterocycles. The van der Waals surface area contributed by atoms with Gasteiger partial charge in [0.1, 0.15) is 6.04 Å². The van der Waals surface area contributed by atoms with Crippen molar-refractivity contribution in [2.24, 2.45) is 0 Å². The molecule has 0 bridgehead atoms. The Morgan fingerprint density at radius 1 is 1.25 bits per heavy atom. The maximum absolute atomic E-state index is 12.9. The molecule has 1 amide bonds. The zero-order chi connectivity index (χ0) is 20.5. The predicted octanol–water partition coefficient (Wildman–Crippen LogP) is 3.35. The Balaban J connectivity index is 1.85. The third kappa shape index (κ3) is 4.01. The van der Waals surface area contributed by atoms with E-state index in [-0.39, 0.29) is 22.8 Å². The van der Waals surface area contributed by atoms with Gasteiger partial charge < -0.3 is 5.32 Å². The lowest BCUT2D eigenvalue weighted by Crippen LogP contribution is -2.43. The van der Waals surface area contributed by atoms with Crippen LogP contribution >= 0.6 is 11.6 Å². The van der Waals surface area contributed by atoms with Gasteiger partial charge in [-0.05, 0) is 49.6 Å². The van der Waals surface area contributed by atoms with Gasteiger partial charge in [-0.25, -0.2) is 8.42 Å². The van der Waals surface area contributed by atoms with Crippen LogP contribution in [0.15, 0.2) is 47.4 Å². The summed E-state index contributed by atoms with van der Waals surface area (Å²) in [7, 11) is -3.87. The molecule has 1 N–H and O–H groups in total. The fraction of sp³-hybridized carbons (Fsp3) is 0.278. The summed E-state index contributed by atoms with van der Waals surface area (Å²) in [4.78, 5) is 23.3. The highest BCUT2D eigenvalue weighted by molar-refractivity contribution is 7.89. The van der Waals surface area contributed by atoms with Gasteiger partial charge in [0, 0.05) is 23.7 Å². The zero-order valence-corrected chi connectivity index (χ0v) is 16.5. The van der Waals surface area contributed by atoms with Crippen LogP contribution in [-0.4, -0.2) is 36.1 Å². The standard InChI is InChI=1S/C18H18ClN3O5S/c1-12-4-7-14(22(24)25)11-16(12)20-18(23)17-3-2-10-21(17)28(26,27)15-8-5-13(19)6-9-15/h4-9,11,17H,2-3,10H2,1H3,(H,20,23). The number of amides is 1. The van der Waals surface area contributed by atoms with E-state index in [2.05, 4.69) is 5.32 Å². The second kappa shape index (κ2) is 7.86. The first kappa shape index (κ1) is 20.2. The molecule has 8 nitrogen and oxygen atoms in total. The minimum atomic E-state index is -3.87. The van der Waals surface area contributed by atoms with E-state index in [0.29, 0.717) is 23.4 Å². The molecule has 1 atom stereocenters. The number of rotatable bonds is 5. The van der Waals surface area contributed by atoms with Gasteiger partial charge in [-0.1, -0.05) is 17.7 Å². The van der Waals surface area contributed by atoms with Crippen LogP contribution < -0.4 is 5.32 Å². The van der Waals surface area contributed by atoms with E-state index in [1.807, 2.05) is 0 Å². The van der Waals surface area contributed by atoms with Crippen LogP contribution in [0.5, 0.6) is 0 Å². The van der Waals surface area contributed by atoms with E-state index in [0.717, 1.165) is 4.31 Å². The molecular weight excluding hydrogens is 406 g/mol. The van der Waals surface area contributed by atoms with Crippen molar-refractivity contribution in [2.75, 3.05) is 11.9 Å². The van der Waals surface area contributed by atoms with Crippen molar-refractivity contribution in [3.8, 4) is 0 Å². The number of hydrogen-bond acceptors (Lipinski definition) is 5. The van der Waals surface area contributed by atoms with Crippen molar-refractivity contribution in [2.45, 2.75) is 30.7 Å². The van der Waals surface area contributed by atoms with Gasteiger partial charge in [0.25, 0.3) is 5.69 Å². The summed E-state index contributed by atoms with van der Waals surface area (Å²) in [6, 6.07) is 9.01. The molecule has 0 aromatic heterocycles. The number of sulfonamides is 1. The lowest BCUT2D eigenvalue weighted by Gasteiger charge is -2.23. The van der Waals surface area contributed by atoms with E-state index in [9.17, 15) is 23.3 Å². The summed E-state index contributed by atoms with van der Waals surface area (Å²) in [5, 5.41) is 14.0. The van der Waals surface area contributed by atoms with Gasteiger partial charge in [-0.2, -0.15) is 4.31 Å². The second-order valence-corrected chi connectivity index (χ2v) is 8.80. The van der Waals surface area contributed by atoms with E-state index < -0.39 is 26.9 Å². The maximum Gasteiger partial charge on any atom is 0.271 e. The first-order valence-electron chi connectivity index (χ1n) is 8.53. The Morgan fingerprint density at radius 2 is 1.93 bits per heavy atom. The molecule has 2 aromatic rings. The van der Waals surface area contributed by atoms with Crippen molar-refractivity contribution >= 4 is 38.9 Å². The number of benzene rings is 2. The summed E-state index contributed by atoms with van der Waals surface area (Å²) in [6.45, 7) is 1.92. The minimum absolute atomic E-state index is 0.0585.